The molecule has 0 spiro atoms. The first-order valence-corrected chi connectivity index (χ1v) is 18.6. The van der Waals surface area contributed by atoms with Crippen LogP contribution in [0.15, 0.2) is 199 Å². The van der Waals surface area contributed by atoms with Gasteiger partial charge in [-0.05, 0) is 82.4 Å². The fourth-order valence-corrected chi connectivity index (χ4v) is 8.52. The van der Waals surface area contributed by atoms with E-state index in [9.17, 15) is 0 Å². The Morgan fingerprint density at radius 1 is 0.434 bits per heavy atom. The molecule has 0 amide bonds. The standard InChI is InChI=1S/C49H32N2OS/c1-4-13-33(14-5-1)34-23-27-38(28-24-34)51(44-21-11-10-19-40(44)35-15-6-2-7-16-35)39-29-25-36(26-30-39)41-20-12-22-46-48(41)42-31-43-45(32-47(42)53-46)52-49(50-43)37-17-8-3-9-18-37/h1-32H. The van der Waals surface area contributed by atoms with Gasteiger partial charge in [-0.25, -0.2) is 4.98 Å². The van der Waals surface area contributed by atoms with Crippen molar-refractivity contribution in [1.82, 2.24) is 4.98 Å². The number of anilines is 3. The molecule has 0 saturated carbocycles. The summed E-state index contributed by atoms with van der Waals surface area (Å²) in [4.78, 5) is 7.26. The lowest BCUT2D eigenvalue weighted by Gasteiger charge is -2.28. The van der Waals surface area contributed by atoms with Crippen molar-refractivity contribution in [2.24, 2.45) is 0 Å². The lowest BCUT2D eigenvalue weighted by atomic mass is 9.98. The summed E-state index contributed by atoms with van der Waals surface area (Å²) in [6, 6.07) is 68.8. The van der Waals surface area contributed by atoms with E-state index >= 15 is 0 Å². The van der Waals surface area contributed by atoms with Gasteiger partial charge in [-0.2, -0.15) is 0 Å². The van der Waals surface area contributed by atoms with Gasteiger partial charge in [0.25, 0.3) is 0 Å². The van der Waals surface area contributed by atoms with Gasteiger partial charge in [0.05, 0.1) is 5.69 Å². The van der Waals surface area contributed by atoms with Crippen LogP contribution in [0.4, 0.5) is 17.1 Å². The fraction of sp³-hybridized carbons (Fsp3) is 0. The van der Waals surface area contributed by atoms with Gasteiger partial charge in [0, 0.05) is 48.7 Å². The van der Waals surface area contributed by atoms with Crippen molar-refractivity contribution in [2.75, 3.05) is 4.90 Å². The number of rotatable bonds is 7. The molecular formula is C49H32N2OS. The predicted octanol–water partition coefficient (Wildman–Crippen LogP) is 14.3. The molecule has 0 aliphatic heterocycles. The number of para-hydroxylation sites is 1. The van der Waals surface area contributed by atoms with Crippen molar-refractivity contribution in [1.29, 1.82) is 0 Å². The monoisotopic (exact) mass is 696 g/mol. The summed E-state index contributed by atoms with van der Waals surface area (Å²) < 4.78 is 8.67. The fourth-order valence-electron chi connectivity index (χ4n) is 7.37. The zero-order valence-corrected chi connectivity index (χ0v) is 29.5. The van der Waals surface area contributed by atoms with Gasteiger partial charge in [-0.3, -0.25) is 0 Å². The predicted molar refractivity (Wildman–Crippen MR) is 223 cm³/mol. The Hall–Kier alpha value is -6.75. The smallest absolute Gasteiger partial charge is 0.227 e. The molecule has 10 rings (SSSR count). The van der Waals surface area contributed by atoms with Crippen molar-refractivity contribution in [3.63, 3.8) is 0 Å². The molecule has 2 aromatic heterocycles. The maximum atomic E-state index is 6.24. The van der Waals surface area contributed by atoms with Crippen molar-refractivity contribution >= 4 is 59.7 Å². The number of hydrogen-bond acceptors (Lipinski definition) is 4. The normalized spacial score (nSPS) is 11.4. The van der Waals surface area contributed by atoms with E-state index < -0.39 is 0 Å². The quantitative estimate of drug-likeness (QED) is 0.166. The lowest BCUT2D eigenvalue weighted by Crippen LogP contribution is -2.11. The Bertz CT molecular complexity index is 2860. The number of benzene rings is 8. The van der Waals surface area contributed by atoms with Crippen LogP contribution in [0.3, 0.4) is 0 Å². The molecule has 250 valence electrons. The van der Waals surface area contributed by atoms with Crippen LogP contribution < -0.4 is 4.90 Å². The van der Waals surface area contributed by atoms with E-state index in [-0.39, 0.29) is 0 Å². The Balaban J connectivity index is 1.08. The lowest BCUT2D eigenvalue weighted by molar-refractivity contribution is 0.620. The number of hydrogen-bond donors (Lipinski definition) is 0. The summed E-state index contributed by atoms with van der Waals surface area (Å²) in [6.07, 6.45) is 0. The van der Waals surface area contributed by atoms with Crippen LogP contribution in [-0.4, -0.2) is 4.98 Å². The van der Waals surface area contributed by atoms with Gasteiger partial charge in [0.1, 0.15) is 5.52 Å². The third-order valence-corrected chi connectivity index (χ3v) is 11.0. The summed E-state index contributed by atoms with van der Waals surface area (Å²) in [5.74, 6) is 0.645. The molecule has 0 aliphatic rings. The van der Waals surface area contributed by atoms with Crippen molar-refractivity contribution in [3.8, 4) is 44.8 Å². The second kappa shape index (κ2) is 13.1. The maximum Gasteiger partial charge on any atom is 0.227 e. The number of oxazole rings is 1. The van der Waals surface area contributed by atoms with Gasteiger partial charge in [-0.15, -0.1) is 11.3 Å². The SMILES string of the molecule is c1ccc(-c2ccc(N(c3ccc(-c4cccc5sc6cc7oc(-c8ccccc8)nc7cc6c45)cc3)c3ccccc3-c3ccccc3)cc2)cc1. The van der Waals surface area contributed by atoms with Gasteiger partial charge in [0.15, 0.2) is 5.58 Å². The van der Waals surface area contributed by atoms with E-state index in [0.717, 1.165) is 33.7 Å². The van der Waals surface area contributed by atoms with Gasteiger partial charge in [-0.1, -0.05) is 133 Å². The highest BCUT2D eigenvalue weighted by atomic mass is 32.1. The van der Waals surface area contributed by atoms with Gasteiger partial charge in [0.2, 0.25) is 5.89 Å². The van der Waals surface area contributed by atoms with Crippen molar-refractivity contribution in [3.05, 3.63) is 194 Å². The average molecular weight is 697 g/mol. The largest absolute Gasteiger partial charge is 0.436 e. The Kier molecular flexibility index (Phi) is 7.67. The molecular weight excluding hydrogens is 665 g/mol. The Morgan fingerprint density at radius 3 is 1.68 bits per heavy atom. The first-order chi connectivity index (χ1) is 26.3. The number of aromatic nitrogens is 1. The van der Waals surface area contributed by atoms with E-state index in [2.05, 4.69) is 169 Å². The zero-order chi connectivity index (χ0) is 35.1. The molecule has 0 atom stereocenters. The van der Waals surface area contributed by atoms with Crippen LogP contribution in [0.1, 0.15) is 0 Å². The van der Waals surface area contributed by atoms with E-state index in [1.165, 1.54) is 53.6 Å². The topological polar surface area (TPSA) is 29.3 Å². The third kappa shape index (κ3) is 5.66. The summed E-state index contributed by atoms with van der Waals surface area (Å²) in [6.45, 7) is 0. The summed E-state index contributed by atoms with van der Waals surface area (Å²) in [5.41, 5.74) is 13.1. The second-order valence-corrected chi connectivity index (χ2v) is 14.2. The van der Waals surface area contributed by atoms with Crippen LogP contribution in [0.25, 0.3) is 76.1 Å². The molecule has 0 radical (unpaired) electrons. The van der Waals surface area contributed by atoms with Crippen molar-refractivity contribution in [2.45, 2.75) is 0 Å². The minimum atomic E-state index is 0.645. The second-order valence-electron chi connectivity index (χ2n) is 13.2. The summed E-state index contributed by atoms with van der Waals surface area (Å²) in [5, 5.41) is 2.44. The van der Waals surface area contributed by atoms with Crippen LogP contribution >= 0.6 is 11.3 Å². The highest BCUT2D eigenvalue weighted by Gasteiger charge is 2.19. The minimum Gasteiger partial charge on any atom is -0.436 e. The maximum absolute atomic E-state index is 6.24. The van der Waals surface area contributed by atoms with E-state index in [1.807, 2.05) is 30.3 Å². The van der Waals surface area contributed by atoms with Gasteiger partial charge >= 0.3 is 0 Å². The molecule has 8 aromatic carbocycles. The zero-order valence-electron chi connectivity index (χ0n) is 28.7. The Morgan fingerprint density at radius 2 is 0.981 bits per heavy atom. The first kappa shape index (κ1) is 31.0. The number of nitrogens with zero attached hydrogens (tertiary/aromatic N) is 2. The Labute approximate surface area is 311 Å². The molecule has 53 heavy (non-hydrogen) atoms. The summed E-state index contributed by atoms with van der Waals surface area (Å²) in [7, 11) is 0. The van der Waals surface area contributed by atoms with Gasteiger partial charge < -0.3 is 9.32 Å². The molecule has 0 saturated heterocycles. The molecule has 2 heterocycles. The highest BCUT2D eigenvalue weighted by molar-refractivity contribution is 7.26. The highest BCUT2D eigenvalue weighted by Crippen LogP contribution is 2.44. The molecule has 0 bridgehead atoms. The van der Waals surface area contributed by atoms with Crippen molar-refractivity contribution < 1.29 is 4.42 Å². The van der Waals surface area contributed by atoms with E-state index in [0.29, 0.717) is 5.89 Å². The van der Waals surface area contributed by atoms with Crippen LogP contribution in [0, 0.1) is 0 Å². The van der Waals surface area contributed by atoms with Crippen LogP contribution in [0.2, 0.25) is 0 Å². The molecule has 0 fully saturated rings. The number of fused-ring (bicyclic) bond motifs is 4. The molecule has 3 nitrogen and oxygen atoms in total. The molecule has 0 unspecified atom stereocenters. The molecule has 10 aromatic rings. The van der Waals surface area contributed by atoms with Crippen LogP contribution in [-0.2, 0) is 0 Å². The third-order valence-electron chi connectivity index (χ3n) is 9.92. The summed E-state index contributed by atoms with van der Waals surface area (Å²) >= 11 is 1.80. The minimum absolute atomic E-state index is 0.645. The van der Waals surface area contributed by atoms with E-state index in [1.54, 1.807) is 11.3 Å². The molecule has 0 N–H and O–H groups in total. The molecule has 4 heteroatoms. The number of thiophene rings is 1. The molecule has 0 aliphatic carbocycles. The van der Waals surface area contributed by atoms with Crippen LogP contribution in [0.5, 0.6) is 0 Å². The first-order valence-electron chi connectivity index (χ1n) is 17.8. The van der Waals surface area contributed by atoms with E-state index in [4.69, 9.17) is 9.40 Å². The average Bonchev–Trinajstić information content (AvgIpc) is 3.82.